The van der Waals surface area contributed by atoms with E-state index in [-0.39, 0.29) is 6.04 Å². The highest BCUT2D eigenvalue weighted by atomic mass is 15.3. The van der Waals surface area contributed by atoms with E-state index in [0.29, 0.717) is 0 Å². The molecule has 19 heavy (non-hydrogen) atoms. The minimum Gasteiger partial charge on any atom is -0.297 e. The molecular weight excluding hydrogens is 234 g/mol. The van der Waals surface area contributed by atoms with Crippen LogP contribution >= 0.6 is 0 Å². The van der Waals surface area contributed by atoms with Crippen molar-refractivity contribution in [3.8, 4) is 6.07 Å². The van der Waals surface area contributed by atoms with Crippen LogP contribution in [0.1, 0.15) is 23.6 Å². The molecule has 3 heteroatoms. The van der Waals surface area contributed by atoms with Crippen molar-refractivity contribution < 1.29 is 0 Å². The van der Waals surface area contributed by atoms with Crippen LogP contribution in [0.25, 0.3) is 0 Å². The number of piperazine rings is 1. The Morgan fingerprint density at radius 1 is 1.11 bits per heavy atom. The number of nitriles is 1. The van der Waals surface area contributed by atoms with Crippen LogP contribution in [0, 0.1) is 25.2 Å². The van der Waals surface area contributed by atoms with Crippen molar-refractivity contribution in [2.45, 2.75) is 33.4 Å². The lowest BCUT2D eigenvalue weighted by molar-refractivity contribution is 0.114. The van der Waals surface area contributed by atoms with Crippen LogP contribution in [-0.2, 0) is 6.54 Å². The molecule has 1 aromatic rings. The smallest absolute Gasteiger partial charge is 0.0950 e. The molecule has 0 N–H and O–H groups in total. The van der Waals surface area contributed by atoms with Gasteiger partial charge in [-0.15, -0.1) is 0 Å². The van der Waals surface area contributed by atoms with Gasteiger partial charge in [0, 0.05) is 32.7 Å². The molecular formula is C16H23N3. The van der Waals surface area contributed by atoms with Gasteiger partial charge in [-0.1, -0.05) is 29.3 Å². The maximum atomic E-state index is 8.94. The molecule has 1 atom stereocenters. The Labute approximate surface area is 116 Å². The molecule has 0 aromatic heterocycles. The van der Waals surface area contributed by atoms with E-state index in [0.717, 1.165) is 32.7 Å². The molecule has 1 aromatic carbocycles. The molecule has 1 heterocycles. The minimum absolute atomic E-state index is 0.0448. The normalized spacial score (nSPS) is 19.1. The summed E-state index contributed by atoms with van der Waals surface area (Å²) in [5.74, 6) is 0. The number of nitrogens with zero attached hydrogens (tertiary/aromatic N) is 3. The molecule has 102 valence electrons. The first kappa shape index (κ1) is 14.0. The van der Waals surface area contributed by atoms with Crippen molar-refractivity contribution in [2.75, 3.05) is 26.2 Å². The number of benzene rings is 1. The van der Waals surface area contributed by atoms with Gasteiger partial charge in [0.05, 0.1) is 12.1 Å². The average molecular weight is 257 g/mol. The first-order valence-electron chi connectivity index (χ1n) is 7.01. The predicted molar refractivity (Wildman–Crippen MR) is 77.8 cm³/mol. The van der Waals surface area contributed by atoms with Gasteiger partial charge in [-0.05, 0) is 26.3 Å². The zero-order valence-corrected chi connectivity index (χ0v) is 12.2. The fraction of sp³-hybridized carbons (Fsp3) is 0.562. The fourth-order valence-electron chi connectivity index (χ4n) is 2.81. The molecule has 0 amide bonds. The van der Waals surface area contributed by atoms with Gasteiger partial charge in [0.2, 0.25) is 0 Å². The minimum atomic E-state index is 0.0448. The van der Waals surface area contributed by atoms with Gasteiger partial charge in [0.1, 0.15) is 0 Å². The summed E-state index contributed by atoms with van der Waals surface area (Å²) in [7, 11) is 0. The third-order valence-corrected chi connectivity index (χ3v) is 3.83. The predicted octanol–water partition coefficient (Wildman–Crippen LogP) is 2.33. The van der Waals surface area contributed by atoms with Crippen molar-refractivity contribution >= 4 is 0 Å². The van der Waals surface area contributed by atoms with Crippen molar-refractivity contribution in [3.63, 3.8) is 0 Å². The molecule has 1 fully saturated rings. The molecule has 2 rings (SSSR count). The standard InChI is InChI=1S/C16H23N3/c1-13-8-14(2)10-16(9-13)12-18-4-6-19(7-5-18)15(3)11-17/h8-10,15H,4-7,12H2,1-3H3. The number of hydrogen-bond acceptors (Lipinski definition) is 3. The molecule has 0 saturated carbocycles. The summed E-state index contributed by atoms with van der Waals surface area (Å²) in [5.41, 5.74) is 4.08. The van der Waals surface area contributed by atoms with Crippen molar-refractivity contribution in [3.05, 3.63) is 34.9 Å². The second-order valence-corrected chi connectivity index (χ2v) is 5.61. The fourth-order valence-corrected chi connectivity index (χ4v) is 2.81. The van der Waals surface area contributed by atoms with Gasteiger partial charge in [-0.3, -0.25) is 9.80 Å². The largest absolute Gasteiger partial charge is 0.297 e. The molecule has 0 spiro atoms. The van der Waals surface area contributed by atoms with Crippen LogP contribution in [0.3, 0.4) is 0 Å². The van der Waals surface area contributed by atoms with Crippen LogP contribution in [0.4, 0.5) is 0 Å². The molecule has 0 bridgehead atoms. The Morgan fingerprint density at radius 3 is 2.21 bits per heavy atom. The quantitative estimate of drug-likeness (QED) is 0.832. The molecule has 1 aliphatic heterocycles. The zero-order chi connectivity index (χ0) is 13.8. The zero-order valence-electron chi connectivity index (χ0n) is 12.2. The van der Waals surface area contributed by atoms with Gasteiger partial charge >= 0.3 is 0 Å². The Bertz CT molecular complexity index is 447. The summed E-state index contributed by atoms with van der Waals surface area (Å²) in [4.78, 5) is 4.74. The highest BCUT2D eigenvalue weighted by Gasteiger charge is 2.20. The third kappa shape index (κ3) is 3.79. The summed E-state index contributed by atoms with van der Waals surface area (Å²) >= 11 is 0. The van der Waals surface area contributed by atoms with Crippen LogP contribution in [0.2, 0.25) is 0 Å². The maximum Gasteiger partial charge on any atom is 0.0950 e. The maximum absolute atomic E-state index is 8.94. The van der Waals surface area contributed by atoms with Gasteiger partial charge in [-0.25, -0.2) is 0 Å². The Hall–Kier alpha value is -1.37. The molecule has 1 unspecified atom stereocenters. The van der Waals surface area contributed by atoms with Crippen LogP contribution in [-0.4, -0.2) is 42.0 Å². The lowest BCUT2D eigenvalue weighted by Crippen LogP contribution is -2.48. The number of aryl methyl sites for hydroxylation is 2. The molecule has 1 saturated heterocycles. The van der Waals surface area contributed by atoms with Crippen LogP contribution < -0.4 is 0 Å². The topological polar surface area (TPSA) is 30.3 Å². The van der Waals surface area contributed by atoms with Gasteiger partial charge in [-0.2, -0.15) is 5.26 Å². The van der Waals surface area contributed by atoms with Crippen molar-refractivity contribution in [1.82, 2.24) is 9.80 Å². The second kappa shape index (κ2) is 6.18. The van der Waals surface area contributed by atoms with Crippen LogP contribution in [0.15, 0.2) is 18.2 Å². The Morgan fingerprint density at radius 2 is 1.68 bits per heavy atom. The SMILES string of the molecule is Cc1cc(C)cc(CN2CCN(C(C)C#N)CC2)c1. The van der Waals surface area contributed by atoms with E-state index in [1.54, 1.807) is 0 Å². The second-order valence-electron chi connectivity index (χ2n) is 5.61. The summed E-state index contributed by atoms with van der Waals surface area (Å²) in [6.07, 6.45) is 0. The summed E-state index contributed by atoms with van der Waals surface area (Å²) in [5, 5.41) is 8.94. The van der Waals surface area contributed by atoms with Gasteiger partial charge < -0.3 is 0 Å². The molecule has 0 radical (unpaired) electrons. The van der Waals surface area contributed by atoms with Gasteiger partial charge in [0.25, 0.3) is 0 Å². The molecule has 1 aliphatic rings. The Kier molecular flexibility index (Phi) is 4.57. The first-order valence-corrected chi connectivity index (χ1v) is 7.01. The van der Waals surface area contributed by atoms with E-state index in [2.05, 4.69) is 47.9 Å². The lowest BCUT2D eigenvalue weighted by Gasteiger charge is -2.35. The summed E-state index contributed by atoms with van der Waals surface area (Å²) in [6.45, 7) is 11.4. The highest BCUT2D eigenvalue weighted by Crippen LogP contribution is 2.13. The van der Waals surface area contributed by atoms with E-state index in [9.17, 15) is 0 Å². The monoisotopic (exact) mass is 257 g/mol. The summed E-state index contributed by atoms with van der Waals surface area (Å²) in [6, 6.07) is 9.13. The highest BCUT2D eigenvalue weighted by molar-refractivity contribution is 5.28. The van der Waals surface area contributed by atoms with Gasteiger partial charge in [0.15, 0.2) is 0 Å². The van der Waals surface area contributed by atoms with Crippen molar-refractivity contribution in [1.29, 1.82) is 5.26 Å². The molecule has 0 aliphatic carbocycles. The average Bonchev–Trinajstić information content (AvgIpc) is 2.37. The number of hydrogen-bond donors (Lipinski definition) is 0. The first-order chi connectivity index (χ1) is 9.08. The number of rotatable bonds is 3. The van der Waals surface area contributed by atoms with E-state index in [4.69, 9.17) is 5.26 Å². The lowest BCUT2D eigenvalue weighted by atomic mass is 10.1. The Balaban J connectivity index is 1.90. The third-order valence-electron chi connectivity index (χ3n) is 3.83. The van der Waals surface area contributed by atoms with E-state index < -0.39 is 0 Å². The van der Waals surface area contributed by atoms with Crippen LogP contribution in [0.5, 0.6) is 0 Å². The van der Waals surface area contributed by atoms with Crippen molar-refractivity contribution in [2.24, 2.45) is 0 Å². The van der Waals surface area contributed by atoms with E-state index >= 15 is 0 Å². The molecule has 3 nitrogen and oxygen atoms in total. The van der Waals surface area contributed by atoms with E-state index in [1.807, 2.05) is 6.92 Å². The van der Waals surface area contributed by atoms with E-state index in [1.165, 1.54) is 16.7 Å². The summed E-state index contributed by atoms with van der Waals surface area (Å²) < 4.78 is 0.